The van der Waals surface area contributed by atoms with Crippen LogP contribution in [0, 0.1) is 6.92 Å². The van der Waals surface area contributed by atoms with E-state index in [9.17, 15) is 4.79 Å². The maximum Gasteiger partial charge on any atom is 0.419 e. The number of aryl methyl sites for hydroxylation is 1. The lowest BCUT2D eigenvalue weighted by Gasteiger charge is -2.20. The summed E-state index contributed by atoms with van der Waals surface area (Å²) in [7, 11) is 1.61. The molecule has 0 spiro atoms. The molecule has 0 saturated carbocycles. The standard InChI is InChI=1S/C18H20N2O3/c1-11-16-14(8-9-19-11)13-7-6-12(22-5)10-15(13)20(16)17(21)23-18(2,3)4/h6-10H,1-5H3. The Labute approximate surface area is 134 Å². The highest BCUT2D eigenvalue weighted by atomic mass is 16.6. The molecule has 120 valence electrons. The molecule has 0 amide bonds. The van der Waals surface area contributed by atoms with E-state index in [1.807, 2.05) is 52.0 Å². The number of aromatic nitrogens is 2. The number of hydrogen-bond acceptors (Lipinski definition) is 4. The van der Waals surface area contributed by atoms with E-state index in [4.69, 9.17) is 9.47 Å². The van der Waals surface area contributed by atoms with Crippen LogP contribution in [0.5, 0.6) is 5.75 Å². The number of methoxy groups -OCH3 is 1. The summed E-state index contributed by atoms with van der Waals surface area (Å²) in [4.78, 5) is 17.1. The first kappa shape index (κ1) is 15.3. The number of carbonyl (C=O) groups is 1. The molecule has 23 heavy (non-hydrogen) atoms. The summed E-state index contributed by atoms with van der Waals surface area (Å²) in [5.41, 5.74) is 1.73. The number of fused-ring (bicyclic) bond motifs is 3. The second-order valence-corrected chi connectivity index (χ2v) is 6.49. The van der Waals surface area contributed by atoms with E-state index < -0.39 is 11.7 Å². The quantitative estimate of drug-likeness (QED) is 0.672. The van der Waals surface area contributed by atoms with Crippen LogP contribution in [0.25, 0.3) is 21.8 Å². The fourth-order valence-electron chi connectivity index (χ4n) is 2.73. The highest BCUT2D eigenvalue weighted by Crippen LogP contribution is 2.33. The minimum atomic E-state index is -0.574. The van der Waals surface area contributed by atoms with Crippen LogP contribution in [0.2, 0.25) is 0 Å². The Hall–Kier alpha value is -2.56. The van der Waals surface area contributed by atoms with E-state index in [-0.39, 0.29) is 0 Å². The average Bonchev–Trinajstić information content (AvgIpc) is 2.80. The third kappa shape index (κ3) is 2.63. The summed E-state index contributed by atoms with van der Waals surface area (Å²) in [6.45, 7) is 7.44. The van der Waals surface area contributed by atoms with Gasteiger partial charge in [-0.2, -0.15) is 0 Å². The fourth-order valence-corrected chi connectivity index (χ4v) is 2.73. The van der Waals surface area contributed by atoms with Gasteiger partial charge in [-0.1, -0.05) is 0 Å². The van der Waals surface area contributed by atoms with E-state index in [0.717, 1.165) is 27.5 Å². The minimum Gasteiger partial charge on any atom is -0.497 e. The molecule has 0 radical (unpaired) electrons. The predicted octanol–water partition coefficient (Wildman–Crippen LogP) is 4.29. The lowest BCUT2D eigenvalue weighted by molar-refractivity contribution is 0.0551. The van der Waals surface area contributed by atoms with Crippen LogP contribution >= 0.6 is 0 Å². The highest BCUT2D eigenvalue weighted by molar-refractivity contribution is 6.13. The Balaban J connectivity index is 2.37. The number of carbonyl (C=O) groups excluding carboxylic acids is 1. The Morgan fingerprint density at radius 1 is 1.17 bits per heavy atom. The molecule has 0 atom stereocenters. The molecular formula is C18H20N2O3. The minimum absolute atomic E-state index is 0.415. The van der Waals surface area contributed by atoms with Gasteiger partial charge in [0.25, 0.3) is 0 Å². The topological polar surface area (TPSA) is 53.4 Å². The summed E-state index contributed by atoms with van der Waals surface area (Å²) < 4.78 is 12.5. The number of pyridine rings is 1. The van der Waals surface area contributed by atoms with Crippen molar-refractivity contribution in [1.82, 2.24) is 9.55 Å². The van der Waals surface area contributed by atoms with Crippen molar-refractivity contribution in [2.24, 2.45) is 0 Å². The van der Waals surface area contributed by atoms with Crippen LogP contribution in [0.1, 0.15) is 26.5 Å². The van der Waals surface area contributed by atoms with Crippen LogP contribution in [-0.4, -0.2) is 28.4 Å². The lowest BCUT2D eigenvalue weighted by Crippen LogP contribution is -2.27. The van der Waals surface area contributed by atoms with Crippen molar-refractivity contribution in [3.63, 3.8) is 0 Å². The third-order valence-corrected chi connectivity index (χ3v) is 3.64. The Kier molecular flexibility index (Phi) is 3.51. The molecule has 0 aliphatic rings. The highest BCUT2D eigenvalue weighted by Gasteiger charge is 2.23. The van der Waals surface area contributed by atoms with Gasteiger partial charge in [0.1, 0.15) is 11.4 Å². The monoisotopic (exact) mass is 312 g/mol. The third-order valence-electron chi connectivity index (χ3n) is 3.64. The van der Waals surface area contributed by atoms with E-state index in [1.54, 1.807) is 17.9 Å². The second-order valence-electron chi connectivity index (χ2n) is 6.49. The van der Waals surface area contributed by atoms with Gasteiger partial charge in [0.15, 0.2) is 0 Å². The van der Waals surface area contributed by atoms with Crippen LogP contribution in [-0.2, 0) is 4.74 Å². The van der Waals surface area contributed by atoms with Crippen molar-refractivity contribution in [2.45, 2.75) is 33.3 Å². The fraction of sp³-hybridized carbons (Fsp3) is 0.333. The van der Waals surface area contributed by atoms with Gasteiger partial charge in [0.05, 0.1) is 23.8 Å². The predicted molar refractivity (Wildman–Crippen MR) is 90.2 cm³/mol. The van der Waals surface area contributed by atoms with Crippen molar-refractivity contribution in [3.05, 3.63) is 36.2 Å². The van der Waals surface area contributed by atoms with E-state index in [0.29, 0.717) is 5.75 Å². The van der Waals surface area contributed by atoms with Crippen molar-refractivity contribution in [1.29, 1.82) is 0 Å². The summed E-state index contributed by atoms with van der Waals surface area (Å²) >= 11 is 0. The molecule has 0 saturated heterocycles. The average molecular weight is 312 g/mol. The van der Waals surface area contributed by atoms with Gasteiger partial charge in [-0.25, -0.2) is 9.36 Å². The molecule has 0 unspecified atom stereocenters. The zero-order valence-electron chi connectivity index (χ0n) is 14.0. The zero-order valence-corrected chi connectivity index (χ0v) is 14.0. The smallest absolute Gasteiger partial charge is 0.419 e. The zero-order chi connectivity index (χ0) is 16.8. The number of nitrogens with zero attached hydrogens (tertiary/aromatic N) is 2. The van der Waals surface area contributed by atoms with Gasteiger partial charge in [-0.05, 0) is 45.9 Å². The summed E-state index contributed by atoms with van der Waals surface area (Å²) in [5, 5.41) is 1.94. The van der Waals surface area contributed by atoms with Gasteiger partial charge in [0, 0.05) is 23.0 Å². The molecular weight excluding hydrogens is 292 g/mol. The van der Waals surface area contributed by atoms with Crippen LogP contribution < -0.4 is 4.74 Å². The van der Waals surface area contributed by atoms with E-state index >= 15 is 0 Å². The maximum atomic E-state index is 12.8. The van der Waals surface area contributed by atoms with Gasteiger partial charge in [0.2, 0.25) is 0 Å². The van der Waals surface area contributed by atoms with Gasteiger partial charge in [-0.3, -0.25) is 4.98 Å². The Morgan fingerprint density at radius 3 is 2.57 bits per heavy atom. The SMILES string of the molecule is COc1ccc2c3ccnc(C)c3n(C(=O)OC(C)(C)C)c2c1. The first-order chi connectivity index (χ1) is 10.8. The molecule has 5 heteroatoms. The first-order valence-electron chi connectivity index (χ1n) is 7.49. The van der Waals surface area contributed by atoms with Gasteiger partial charge < -0.3 is 9.47 Å². The van der Waals surface area contributed by atoms with Crippen LogP contribution in [0.15, 0.2) is 30.5 Å². The maximum absolute atomic E-state index is 12.8. The number of ether oxygens (including phenoxy) is 2. The number of hydrogen-bond donors (Lipinski definition) is 0. The molecule has 0 N–H and O–H groups in total. The largest absolute Gasteiger partial charge is 0.497 e. The van der Waals surface area contributed by atoms with Crippen molar-refractivity contribution < 1.29 is 14.3 Å². The van der Waals surface area contributed by atoms with Crippen molar-refractivity contribution in [2.75, 3.05) is 7.11 Å². The Bertz CT molecular complexity index is 904. The Morgan fingerprint density at radius 2 is 1.91 bits per heavy atom. The summed E-state index contributed by atoms with van der Waals surface area (Å²) in [6.07, 6.45) is 1.34. The van der Waals surface area contributed by atoms with Crippen molar-refractivity contribution >= 4 is 27.9 Å². The molecule has 3 aromatic rings. The molecule has 0 aliphatic heterocycles. The molecule has 3 rings (SSSR count). The van der Waals surface area contributed by atoms with Gasteiger partial charge >= 0.3 is 6.09 Å². The number of benzene rings is 1. The molecule has 0 aliphatic carbocycles. The van der Waals surface area contributed by atoms with Crippen LogP contribution in [0.4, 0.5) is 4.79 Å². The molecule has 0 bridgehead atoms. The molecule has 2 heterocycles. The second kappa shape index (κ2) is 5.26. The van der Waals surface area contributed by atoms with Crippen LogP contribution in [0.3, 0.4) is 0 Å². The van der Waals surface area contributed by atoms with Gasteiger partial charge in [-0.15, -0.1) is 0 Å². The molecule has 5 nitrogen and oxygen atoms in total. The summed E-state index contributed by atoms with van der Waals surface area (Å²) in [5.74, 6) is 0.690. The molecule has 2 aromatic heterocycles. The number of rotatable bonds is 1. The molecule has 0 fully saturated rings. The van der Waals surface area contributed by atoms with E-state index in [1.165, 1.54) is 0 Å². The lowest BCUT2D eigenvalue weighted by atomic mass is 10.1. The van der Waals surface area contributed by atoms with Crippen molar-refractivity contribution in [3.8, 4) is 5.75 Å². The molecule has 1 aromatic carbocycles. The summed E-state index contributed by atoms with van der Waals surface area (Å²) in [6, 6.07) is 7.60. The normalized spacial score (nSPS) is 11.9. The van der Waals surface area contributed by atoms with E-state index in [2.05, 4.69) is 4.98 Å². The first-order valence-corrected chi connectivity index (χ1v) is 7.49.